The van der Waals surface area contributed by atoms with Crippen LogP contribution in [0.15, 0.2) is 47.1 Å². The molecule has 0 atom stereocenters. The van der Waals surface area contributed by atoms with Crippen molar-refractivity contribution >= 4 is 39.2 Å². The van der Waals surface area contributed by atoms with E-state index in [4.69, 9.17) is 0 Å². The largest absolute Gasteiger partial charge is 0.317 e. The number of pyridine rings is 1. The Morgan fingerprint density at radius 1 is 1.10 bits per heavy atom. The maximum absolute atomic E-state index is 11.8. The van der Waals surface area contributed by atoms with Gasteiger partial charge in [0.05, 0.1) is 5.69 Å². The molecule has 5 nitrogen and oxygen atoms in total. The van der Waals surface area contributed by atoms with E-state index >= 15 is 0 Å². The number of aromatic nitrogens is 1. The molecule has 20 heavy (non-hydrogen) atoms. The zero-order valence-electron chi connectivity index (χ0n) is 10.7. The van der Waals surface area contributed by atoms with Crippen LogP contribution < -0.4 is 10.6 Å². The Labute approximate surface area is 124 Å². The monoisotopic (exact) mass is 333 g/mol. The zero-order valence-corrected chi connectivity index (χ0v) is 12.3. The average Bonchev–Trinajstić information content (AvgIpc) is 2.43. The number of hydrogen-bond acceptors (Lipinski definition) is 3. The van der Waals surface area contributed by atoms with Gasteiger partial charge < -0.3 is 10.6 Å². The molecular weight excluding hydrogens is 322 g/mol. The SMILES string of the molecule is Cc1ccc(NC(=O)C(=O)Nc2ccccn2)c(Br)c1. The van der Waals surface area contributed by atoms with Crippen LogP contribution in [-0.4, -0.2) is 16.8 Å². The molecule has 2 aromatic rings. The van der Waals surface area contributed by atoms with Crippen molar-refractivity contribution in [3.8, 4) is 0 Å². The topological polar surface area (TPSA) is 71.1 Å². The molecule has 0 radical (unpaired) electrons. The number of nitrogens with zero attached hydrogens (tertiary/aromatic N) is 1. The fourth-order valence-electron chi connectivity index (χ4n) is 1.51. The maximum atomic E-state index is 11.8. The lowest BCUT2D eigenvalue weighted by atomic mass is 10.2. The van der Waals surface area contributed by atoms with Crippen molar-refractivity contribution in [2.45, 2.75) is 6.92 Å². The van der Waals surface area contributed by atoms with Gasteiger partial charge in [-0.05, 0) is 52.7 Å². The molecule has 0 spiro atoms. The molecule has 2 N–H and O–H groups in total. The highest BCUT2D eigenvalue weighted by atomic mass is 79.9. The van der Waals surface area contributed by atoms with Gasteiger partial charge >= 0.3 is 11.8 Å². The summed E-state index contributed by atoms with van der Waals surface area (Å²) in [5.41, 5.74) is 1.59. The summed E-state index contributed by atoms with van der Waals surface area (Å²) < 4.78 is 0.719. The van der Waals surface area contributed by atoms with E-state index in [0.29, 0.717) is 11.5 Å². The molecule has 0 unspecified atom stereocenters. The Hall–Kier alpha value is -2.21. The van der Waals surface area contributed by atoms with E-state index in [9.17, 15) is 9.59 Å². The van der Waals surface area contributed by atoms with Crippen LogP contribution in [-0.2, 0) is 9.59 Å². The molecule has 1 heterocycles. The Balaban J connectivity index is 2.03. The van der Waals surface area contributed by atoms with Crippen molar-refractivity contribution in [2.24, 2.45) is 0 Å². The van der Waals surface area contributed by atoms with Crippen molar-refractivity contribution in [3.05, 3.63) is 52.6 Å². The molecule has 0 aliphatic rings. The molecule has 2 amide bonds. The van der Waals surface area contributed by atoms with Crippen LogP contribution in [0.4, 0.5) is 11.5 Å². The van der Waals surface area contributed by atoms with Gasteiger partial charge in [0.15, 0.2) is 0 Å². The van der Waals surface area contributed by atoms with Gasteiger partial charge in [0.2, 0.25) is 0 Å². The third-order valence-corrected chi connectivity index (χ3v) is 3.14. The number of amides is 2. The van der Waals surface area contributed by atoms with Crippen molar-refractivity contribution in [2.75, 3.05) is 10.6 Å². The van der Waals surface area contributed by atoms with E-state index in [0.717, 1.165) is 10.0 Å². The first-order chi connectivity index (χ1) is 9.56. The second kappa shape index (κ2) is 6.29. The Morgan fingerprint density at radius 3 is 2.50 bits per heavy atom. The molecule has 0 saturated heterocycles. The van der Waals surface area contributed by atoms with E-state index in [1.165, 1.54) is 6.20 Å². The van der Waals surface area contributed by atoms with E-state index < -0.39 is 11.8 Å². The molecule has 0 saturated carbocycles. The molecule has 1 aromatic heterocycles. The predicted octanol–water partition coefficient (Wildman–Crippen LogP) is 2.73. The third-order valence-electron chi connectivity index (χ3n) is 2.49. The second-order valence-electron chi connectivity index (χ2n) is 4.11. The van der Waals surface area contributed by atoms with Crippen molar-refractivity contribution in [3.63, 3.8) is 0 Å². The lowest BCUT2D eigenvalue weighted by Gasteiger charge is -2.08. The van der Waals surface area contributed by atoms with Crippen LogP contribution >= 0.6 is 15.9 Å². The van der Waals surface area contributed by atoms with Gasteiger partial charge in [-0.2, -0.15) is 0 Å². The summed E-state index contributed by atoms with van der Waals surface area (Å²) in [5.74, 6) is -1.19. The minimum absolute atomic E-state index is 0.329. The van der Waals surface area contributed by atoms with Crippen LogP contribution in [0.25, 0.3) is 0 Å². The fraction of sp³-hybridized carbons (Fsp3) is 0.0714. The predicted molar refractivity (Wildman–Crippen MR) is 80.4 cm³/mol. The minimum atomic E-state index is -0.767. The number of hydrogen-bond donors (Lipinski definition) is 2. The molecule has 0 aliphatic heterocycles. The summed E-state index contributed by atoms with van der Waals surface area (Å²) >= 11 is 3.33. The smallest absolute Gasteiger partial charge is 0.315 e. The molecule has 0 fully saturated rings. The fourth-order valence-corrected chi connectivity index (χ4v) is 2.10. The molecule has 0 aliphatic carbocycles. The first-order valence-electron chi connectivity index (χ1n) is 5.86. The summed E-state index contributed by atoms with van der Waals surface area (Å²) in [5, 5.41) is 4.95. The van der Waals surface area contributed by atoms with Gasteiger partial charge in [-0.1, -0.05) is 12.1 Å². The van der Waals surface area contributed by atoms with E-state index in [1.54, 1.807) is 24.3 Å². The van der Waals surface area contributed by atoms with Crippen LogP contribution in [0.5, 0.6) is 0 Å². The molecule has 102 valence electrons. The van der Waals surface area contributed by atoms with Gasteiger partial charge in [-0.15, -0.1) is 0 Å². The number of carbonyl (C=O) groups excluding carboxylic acids is 2. The minimum Gasteiger partial charge on any atom is -0.317 e. The summed E-state index contributed by atoms with van der Waals surface area (Å²) in [6.07, 6.45) is 1.53. The highest BCUT2D eigenvalue weighted by Gasteiger charge is 2.15. The zero-order chi connectivity index (χ0) is 14.5. The maximum Gasteiger partial charge on any atom is 0.315 e. The number of benzene rings is 1. The molecule has 6 heteroatoms. The number of aryl methyl sites for hydroxylation is 1. The molecule has 2 rings (SSSR count). The van der Waals surface area contributed by atoms with E-state index in [2.05, 4.69) is 31.5 Å². The standard InChI is InChI=1S/C14H12BrN3O2/c1-9-5-6-11(10(15)8-9)17-13(19)14(20)18-12-4-2-3-7-16-12/h2-8H,1H3,(H,17,19)(H,16,18,20). The van der Waals surface area contributed by atoms with Gasteiger partial charge in [0.25, 0.3) is 0 Å². The van der Waals surface area contributed by atoms with E-state index in [1.807, 2.05) is 19.1 Å². The lowest BCUT2D eigenvalue weighted by Crippen LogP contribution is -2.29. The third kappa shape index (κ3) is 3.64. The average molecular weight is 334 g/mol. The summed E-state index contributed by atoms with van der Waals surface area (Å²) in [4.78, 5) is 27.4. The summed E-state index contributed by atoms with van der Waals surface area (Å²) in [6.45, 7) is 1.93. The highest BCUT2D eigenvalue weighted by molar-refractivity contribution is 9.10. The number of rotatable bonds is 2. The Kier molecular flexibility index (Phi) is 4.47. The van der Waals surface area contributed by atoms with Crippen LogP contribution in [0.2, 0.25) is 0 Å². The first-order valence-corrected chi connectivity index (χ1v) is 6.65. The summed E-state index contributed by atoms with van der Waals surface area (Å²) in [6, 6.07) is 10.5. The van der Waals surface area contributed by atoms with E-state index in [-0.39, 0.29) is 0 Å². The quantitative estimate of drug-likeness (QED) is 0.830. The number of carbonyl (C=O) groups is 2. The van der Waals surface area contributed by atoms with Crippen molar-refractivity contribution < 1.29 is 9.59 Å². The van der Waals surface area contributed by atoms with Gasteiger partial charge in [0, 0.05) is 10.7 Å². The number of anilines is 2. The normalized spacial score (nSPS) is 9.90. The summed E-state index contributed by atoms with van der Waals surface area (Å²) in [7, 11) is 0. The van der Waals surface area contributed by atoms with Crippen LogP contribution in [0.1, 0.15) is 5.56 Å². The Morgan fingerprint density at radius 2 is 1.85 bits per heavy atom. The first kappa shape index (κ1) is 14.2. The van der Waals surface area contributed by atoms with Crippen LogP contribution in [0, 0.1) is 6.92 Å². The number of nitrogens with one attached hydrogen (secondary N) is 2. The molecular formula is C14H12BrN3O2. The second-order valence-corrected chi connectivity index (χ2v) is 4.96. The Bertz CT molecular complexity index is 644. The highest BCUT2D eigenvalue weighted by Crippen LogP contribution is 2.23. The molecule has 1 aromatic carbocycles. The van der Waals surface area contributed by atoms with Gasteiger partial charge in [-0.3, -0.25) is 9.59 Å². The van der Waals surface area contributed by atoms with Crippen LogP contribution in [0.3, 0.4) is 0 Å². The van der Waals surface area contributed by atoms with Gasteiger partial charge in [0.1, 0.15) is 5.82 Å². The molecule has 0 bridgehead atoms. The van der Waals surface area contributed by atoms with Gasteiger partial charge in [-0.25, -0.2) is 4.98 Å². The number of halogens is 1. The lowest BCUT2D eigenvalue weighted by molar-refractivity contribution is -0.133. The van der Waals surface area contributed by atoms with Crippen molar-refractivity contribution in [1.82, 2.24) is 4.98 Å². The van der Waals surface area contributed by atoms with Crippen molar-refractivity contribution in [1.29, 1.82) is 0 Å².